The molecule has 1 aromatic carbocycles. The Kier molecular flexibility index (Phi) is 4.27. The van der Waals surface area contributed by atoms with E-state index in [2.05, 4.69) is 5.43 Å². The van der Waals surface area contributed by atoms with Crippen LogP contribution in [0.1, 0.15) is 18.5 Å². The summed E-state index contributed by atoms with van der Waals surface area (Å²) in [7, 11) is 1.90. The van der Waals surface area contributed by atoms with E-state index in [1.54, 1.807) is 0 Å². The minimum atomic E-state index is -0.318. The van der Waals surface area contributed by atoms with Gasteiger partial charge in [-0.15, -0.1) is 0 Å². The molecule has 0 saturated heterocycles. The van der Waals surface area contributed by atoms with Gasteiger partial charge in [0.25, 0.3) is 5.91 Å². The Labute approximate surface area is 90.0 Å². The maximum absolute atomic E-state index is 11.6. The standard InChI is InChI=1S/C11H17N3O/c1-3-14(2)10(11(15)13-12)9-7-5-4-6-8-9/h4-8,10H,3,12H2,1-2H3,(H,13,15). The molecule has 0 aromatic heterocycles. The van der Waals surface area contributed by atoms with Crippen LogP contribution in [0.3, 0.4) is 0 Å². The normalized spacial score (nSPS) is 12.5. The molecule has 4 heteroatoms. The maximum Gasteiger partial charge on any atom is 0.255 e. The molecule has 0 radical (unpaired) electrons. The van der Waals surface area contributed by atoms with Crippen LogP contribution in [-0.4, -0.2) is 24.4 Å². The van der Waals surface area contributed by atoms with Crippen molar-refractivity contribution in [2.75, 3.05) is 13.6 Å². The fourth-order valence-corrected chi connectivity index (χ4v) is 1.50. The molecule has 1 amide bonds. The molecule has 0 heterocycles. The van der Waals surface area contributed by atoms with Crippen LogP contribution in [0.25, 0.3) is 0 Å². The summed E-state index contributed by atoms with van der Waals surface area (Å²) in [5.74, 6) is 4.99. The van der Waals surface area contributed by atoms with Crippen molar-refractivity contribution in [2.24, 2.45) is 5.84 Å². The van der Waals surface area contributed by atoms with Crippen LogP contribution < -0.4 is 11.3 Å². The monoisotopic (exact) mass is 207 g/mol. The van der Waals surface area contributed by atoms with Crippen molar-refractivity contribution in [1.29, 1.82) is 0 Å². The van der Waals surface area contributed by atoms with Gasteiger partial charge in [-0.05, 0) is 19.2 Å². The van der Waals surface area contributed by atoms with Gasteiger partial charge in [-0.25, -0.2) is 5.84 Å². The predicted octanol–water partition coefficient (Wildman–Crippen LogP) is 0.669. The highest BCUT2D eigenvalue weighted by Gasteiger charge is 2.22. The Hall–Kier alpha value is -1.39. The van der Waals surface area contributed by atoms with Gasteiger partial charge in [0.2, 0.25) is 0 Å². The highest BCUT2D eigenvalue weighted by atomic mass is 16.2. The van der Waals surface area contributed by atoms with E-state index in [1.807, 2.05) is 49.2 Å². The zero-order chi connectivity index (χ0) is 11.3. The second kappa shape index (κ2) is 5.48. The number of nitrogens with two attached hydrogens (primary N) is 1. The van der Waals surface area contributed by atoms with E-state index in [9.17, 15) is 4.79 Å². The van der Waals surface area contributed by atoms with Crippen LogP contribution in [0.2, 0.25) is 0 Å². The SMILES string of the molecule is CCN(C)C(C(=O)NN)c1ccccc1. The molecule has 1 rings (SSSR count). The average Bonchev–Trinajstić information content (AvgIpc) is 2.30. The van der Waals surface area contributed by atoms with Crippen LogP contribution in [0.5, 0.6) is 0 Å². The molecule has 0 spiro atoms. The van der Waals surface area contributed by atoms with Crippen LogP contribution in [-0.2, 0) is 4.79 Å². The number of likely N-dealkylation sites (N-methyl/N-ethyl adjacent to an activating group) is 1. The third-order valence-corrected chi connectivity index (χ3v) is 2.45. The van der Waals surface area contributed by atoms with Crippen LogP contribution in [0, 0.1) is 0 Å². The minimum Gasteiger partial charge on any atom is -0.293 e. The molecule has 0 aliphatic heterocycles. The number of amides is 1. The van der Waals surface area contributed by atoms with Gasteiger partial charge in [-0.2, -0.15) is 0 Å². The lowest BCUT2D eigenvalue weighted by molar-refractivity contribution is -0.126. The first-order chi connectivity index (χ1) is 7.20. The first-order valence-corrected chi connectivity index (χ1v) is 4.96. The van der Waals surface area contributed by atoms with Gasteiger partial charge in [0, 0.05) is 0 Å². The fourth-order valence-electron chi connectivity index (χ4n) is 1.50. The third-order valence-electron chi connectivity index (χ3n) is 2.45. The van der Waals surface area contributed by atoms with Gasteiger partial charge in [0.1, 0.15) is 6.04 Å². The van der Waals surface area contributed by atoms with Crippen molar-refractivity contribution in [1.82, 2.24) is 10.3 Å². The van der Waals surface area contributed by atoms with E-state index < -0.39 is 0 Å². The Bertz CT molecular complexity index is 313. The third kappa shape index (κ3) is 2.78. The first kappa shape index (κ1) is 11.7. The summed E-state index contributed by atoms with van der Waals surface area (Å²) in [5, 5.41) is 0. The van der Waals surface area contributed by atoms with Gasteiger partial charge in [0.05, 0.1) is 0 Å². The lowest BCUT2D eigenvalue weighted by Crippen LogP contribution is -2.41. The molecule has 1 aromatic rings. The van der Waals surface area contributed by atoms with Gasteiger partial charge < -0.3 is 0 Å². The van der Waals surface area contributed by atoms with Crippen molar-refractivity contribution in [3.63, 3.8) is 0 Å². The Balaban J connectivity index is 2.96. The highest BCUT2D eigenvalue weighted by molar-refractivity contribution is 5.82. The van der Waals surface area contributed by atoms with E-state index >= 15 is 0 Å². The number of nitrogens with zero attached hydrogens (tertiary/aromatic N) is 1. The van der Waals surface area contributed by atoms with Crippen LogP contribution in [0.4, 0.5) is 0 Å². The van der Waals surface area contributed by atoms with Crippen molar-refractivity contribution >= 4 is 5.91 Å². The fraction of sp³-hybridized carbons (Fsp3) is 0.364. The number of benzene rings is 1. The van der Waals surface area contributed by atoms with Gasteiger partial charge in [-0.1, -0.05) is 37.3 Å². The zero-order valence-electron chi connectivity index (χ0n) is 9.10. The van der Waals surface area contributed by atoms with E-state index in [4.69, 9.17) is 5.84 Å². The Morgan fingerprint density at radius 2 is 2.07 bits per heavy atom. The van der Waals surface area contributed by atoms with Crippen molar-refractivity contribution in [2.45, 2.75) is 13.0 Å². The number of carbonyl (C=O) groups is 1. The highest BCUT2D eigenvalue weighted by Crippen LogP contribution is 2.18. The summed E-state index contributed by atoms with van der Waals surface area (Å²) in [4.78, 5) is 13.6. The number of hydrogen-bond donors (Lipinski definition) is 2. The average molecular weight is 207 g/mol. The Morgan fingerprint density at radius 1 is 1.47 bits per heavy atom. The smallest absolute Gasteiger partial charge is 0.255 e. The van der Waals surface area contributed by atoms with Crippen LogP contribution >= 0.6 is 0 Å². The van der Waals surface area contributed by atoms with Gasteiger partial charge in [0.15, 0.2) is 0 Å². The molecule has 0 fully saturated rings. The number of rotatable bonds is 4. The summed E-state index contributed by atoms with van der Waals surface area (Å²) in [6, 6.07) is 9.28. The van der Waals surface area contributed by atoms with Crippen molar-refractivity contribution in [3.8, 4) is 0 Å². The molecular weight excluding hydrogens is 190 g/mol. The summed E-state index contributed by atoms with van der Waals surface area (Å²) < 4.78 is 0. The zero-order valence-corrected chi connectivity index (χ0v) is 9.10. The number of carbonyl (C=O) groups excluding carboxylic acids is 1. The van der Waals surface area contributed by atoms with E-state index in [0.29, 0.717) is 0 Å². The molecular formula is C11H17N3O. The molecule has 3 N–H and O–H groups in total. The predicted molar refractivity (Wildman–Crippen MR) is 59.8 cm³/mol. The van der Waals surface area contributed by atoms with Gasteiger partial charge >= 0.3 is 0 Å². The van der Waals surface area contributed by atoms with E-state index in [1.165, 1.54) is 0 Å². The molecule has 0 aliphatic carbocycles. The van der Waals surface area contributed by atoms with E-state index in [-0.39, 0.29) is 11.9 Å². The largest absolute Gasteiger partial charge is 0.293 e. The van der Waals surface area contributed by atoms with Gasteiger partial charge in [-0.3, -0.25) is 15.1 Å². The molecule has 0 aliphatic rings. The molecule has 1 atom stereocenters. The molecule has 0 bridgehead atoms. The lowest BCUT2D eigenvalue weighted by atomic mass is 10.1. The first-order valence-electron chi connectivity index (χ1n) is 4.96. The van der Waals surface area contributed by atoms with Crippen LogP contribution in [0.15, 0.2) is 30.3 Å². The molecule has 15 heavy (non-hydrogen) atoms. The summed E-state index contributed by atoms with van der Waals surface area (Å²) in [6.45, 7) is 2.78. The summed E-state index contributed by atoms with van der Waals surface area (Å²) in [6.07, 6.45) is 0. The number of hydrazine groups is 1. The topological polar surface area (TPSA) is 58.4 Å². The Morgan fingerprint density at radius 3 is 2.53 bits per heavy atom. The summed E-state index contributed by atoms with van der Waals surface area (Å²) >= 11 is 0. The number of hydrogen-bond acceptors (Lipinski definition) is 3. The molecule has 0 saturated carbocycles. The van der Waals surface area contributed by atoms with Crippen molar-refractivity contribution < 1.29 is 4.79 Å². The van der Waals surface area contributed by atoms with E-state index in [0.717, 1.165) is 12.1 Å². The second-order valence-corrected chi connectivity index (χ2v) is 3.40. The summed E-state index contributed by atoms with van der Waals surface area (Å²) in [5.41, 5.74) is 3.15. The maximum atomic E-state index is 11.6. The molecule has 82 valence electrons. The lowest BCUT2D eigenvalue weighted by Gasteiger charge is -2.25. The van der Waals surface area contributed by atoms with Crippen molar-refractivity contribution in [3.05, 3.63) is 35.9 Å². The second-order valence-electron chi connectivity index (χ2n) is 3.40. The molecule has 1 unspecified atom stereocenters. The number of nitrogens with one attached hydrogen (secondary N) is 1. The minimum absolute atomic E-state index is 0.189. The quantitative estimate of drug-likeness (QED) is 0.433. The molecule has 4 nitrogen and oxygen atoms in total.